The van der Waals surface area contributed by atoms with Crippen molar-refractivity contribution >= 4 is 37.5 Å². The minimum Gasteiger partial charge on any atom is -0.377 e. The molecule has 6 nitrogen and oxygen atoms in total. The fourth-order valence-electron chi connectivity index (χ4n) is 3.89. The lowest BCUT2D eigenvalue weighted by Gasteiger charge is -2.31. The van der Waals surface area contributed by atoms with E-state index in [1.54, 1.807) is 17.2 Å². The zero-order valence-electron chi connectivity index (χ0n) is 15.8. The highest BCUT2D eigenvalue weighted by Crippen LogP contribution is 2.35. The summed E-state index contributed by atoms with van der Waals surface area (Å²) in [5.74, 6) is 0.576. The van der Waals surface area contributed by atoms with Gasteiger partial charge in [-0.1, -0.05) is 13.3 Å². The molecular formula is C19H25N5OS. The second-order valence-electron chi connectivity index (χ2n) is 7.59. The van der Waals surface area contributed by atoms with Crippen LogP contribution in [-0.2, 0) is 0 Å². The van der Waals surface area contributed by atoms with Gasteiger partial charge in [-0.25, -0.2) is 14.6 Å². The van der Waals surface area contributed by atoms with Gasteiger partial charge < -0.3 is 9.91 Å². The summed E-state index contributed by atoms with van der Waals surface area (Å²) in [5, 5.41) is 3.16. The fourth-order valence-corrected chi connectivity index (χ4v) is 4.93. The lowest BCUT2D eigenvalue weighted by Crippen LogP contribution is -2.48. The molecule has 0 aromatic carbocycles. The van der Waals surface area contributed by atoms with Crippen LogP contribution in [0.5, 0.6) is 0 Å². The van der Waals surface area contributed by atoms with Gasteiger partial charge in [-0.3, -0.25) is 4.79 Å². The van der Waals surface area contributed by atoms with Gasteiger partial charge in [0.25, 0.3) is 5.56 Å². The smallest absolute Gasteiger partial charge is 0.290 e. The van der Waals surface area contributed by atoms with Crippen LogP contribution in [0.1, 0.15) is 33.1 Å². The van der Waals surface area contributed by atoms with Gasteiger partial charge in [0, 0.05) is 32.9 Å². The van der Waals surface area contributed by atoms with Crippen molar-refractivity contribution in [3.8, 4) is 0 Å². The van der Waals surface area contributed by atoms with Gasteiger partial charge in [-0.05, 0) is 31.7 Å². The van der Waals surface area contributed by atoms with E-state index in [0.717, 1.165) is 34.4 Å². The predicted octanol–water partition coefficient (Wildman–Crippen LogP) is 3.22. The van der Waals surface area contributed by atoms with Gasteiger partial charge in [-0.2, -0.15) is 0 Å². The van der Waals surface area contributed by atoms with E-state index in [4.69, 9.17) is 4.98 Å². The molecule has 1 aliphatic heterocycles. The van der Waals surface area contributed by atoms with Crippen LogP contribution in [0.3, 0.4) is 0 Å². The minimum atomic E-state index is 0.0173. The van der Waals surface area contributed by atoms with Gasteiger partial charge in [0.2, 0.25) is 0 Å². The standard InChI is InChI=1S/C19H25N5OS/c1-12-6-5-7-13(2)23(10-12)24-11-21-16-15-14(22(3)4)8-9-20-18(15)26-17(16)19(24)25/h8-9,11-13H,5-7,10H2,1-4H3. The molecule has 1 fully saturated rings. The van der Waals surface area contributed by atoms with Crippen LogP contribution in [0.2, 0.25) is 0 Å². The number of rotatable bonds is 2. The molecule has 4 heterocycles. The van der Waals surface area contributed by atoms with Crippen molar-refractivity contribution in [2.75, 3.05) is 30.5 Å². The highest BCUT2D eigenvalue weighted by atomic mass is 32.1. The molecule has 0 bridgehead atoms. The zero-order valence-corrected chi connectivity index (χ0v) is 16.6. The van der Waals surface area contributed by atoms with Crippen molar-refractivity contribution < 1.29 is 0 Å². The number of hydrogen-bond acceptors (Lipinski definition) is 6. The summed E-state index contributed by atoms with van der Waals surface area (Å²) >= 11 is 1.44. The molecule has 2 atom stereocenters. The molecule has 138 valence electrons. The summed E-state index contributed by atoms with van der Waals surface area (Å²) in [6.45, 7) is 5.35. The largest absolute Gasteiger partial charge is 0.377 e. The van der Waals surface area contributed by atoms with Crippen molar-refractivity contribution in [3.63, 3.8) is 0 Å². The molecule has 1 aliphatic rings. The predicted molar refractivity (Wildman–Crippen MR) is 109 cm³/mol. The quantitative estimate of drug-likeness (QED) is 0.692. The summed E-state index contributed by atoms with van der Waals surface area (Å²) in [6.07, 6.45) is 7.03. The van der Waals surface area contributed by atoms with Crippen molar-refractivity contribution in [1.82, 2.24) is 14.6 Å². The van der Waals surface area contributed by atoms with Crippen LogP contribution in [0.25, 0.3) is 20.4 Å². The fraction of sp³-hybridized carbons (Fsp3) is 0.526. The third-order valence-corrected chi connectivity index (χ3v) is 6.40. The van der Waals surface area contributed by atoms with Crippen molar-refractivity contribution in [2.45, 2.75) is 39.2 Å². The van der Waals surface area contributed by atoms with Gasteiger partial charge in [0.15, 0.2) is 0 Å². The number of aromatic nitrogens is 3. The molecule has 0 radical (unpaired) electrons. The molecule has 0 spiro atoms. The molecule has 7 heteroatoms. The summed E-state index contributed by atoms with van der Waals surface area (Å²) < 4.78 is 2.42. The second-order valence-corrected chi connectivity index (χ2v) is 8.58. The molecule has 3 aromatic heterocycles. The van der Waals surface area contributed by atoms with Crippen LogP contribution in [0.4, 0.5) is 5.69 Å². The van der Waals surface area contributed by atoms with Gasteiger partial charge in [0.1, 0.15) is 21.4 Å². The lowest BCUT2D eigenvalue weighted by molar-refractivity contribution is 0.451. The van der Waals surface area contributed by atoms with Crippen molar-refractivity contribution in [1.29, 1.82) is 0 Å². The van der Waals surface area contributed by atoms with Crippen LogP contribution in [0.15, 0.2) is 23.4 Å². The summed E-state index contributed by atoms with van der Waals surface area (Å²) in [5.41, 5.74) is 1.82. The molecule has 1 saturated heterocycles. The van der Waals surface area contributed by atoms with Gasteiger partial charge >= 0.3 is 0 Å². The molecule has 0 amide bonds. The molecule has 4 rings (SSSR count). The van der Waals surface area contributed by atoms with Crippen LogP contribution >= 0.6 is 11.3 Å². The summed E-state index contributed by atoms with van der Waals surface area (Å²) in [7, 11) is 4.00. The Balaban J connectivity index is 1.92. The number of thiophene rings is 1. The van der Waals surface area contributed by atoms with Crippen LogP contribution in [-0.4, -0.2) is 41.3 Å². The van der Waals surface area contributed by atoms with E-state index in [9.17, 15) is 4.79 Å². The first kappa shape index (κ1) is 17.3. The topological polar surface area (TPSA) is 54.3 Å². The van der Waals surface area contributed by atoms with E-state index in [-0.39, 0.29) is 5.56 Å². The van der Waals surface area contributed by atoms with Crippen LogP contribution in [0, 0.1) is 5.92 Å². The number of anilines is 1. The average molecular weight is 372 g/mol. The Morgan fingerprint density at radius 2 is 2.04 bits per heavy atom. The summed E-state index contributed by atoms with van der Waals surface area (Å²) in [4.78, 5) is 25.4. The van der Waals surface area contributed by atoms with E-state index in [1.165, 1.54) is 24.2 Å². The third-order valence-electron chi connectivity index (χ3n) is 5.33. The van der Waals surface area contributed by atoms with Gasteiger partial charge in [-0.15, -0.1) is 11.3 Å². The SMILES string of the molecule is CC1CCCC(C)N(n2cnc3c(sc4nccc(N(C)C)c43)c2=O)C1. The first-order chi connectivity index (χ1) is 12.5. The Morgan fingerprint density at radius 3 is 2.81 bits per heavy atom. The average Bonchev–Trinajstić information content (AvgIpc) is 2.91. The van der Waals surface area contributed by atoms with E-state index in [0.29, 0.717) is 16.7 Å². The van der Waals surface area contributed by atoms with E-state index in [1.807, 2.05) is 25.1 Å². The Kier molecular flexibility index (Phi) is 4.34. The van der Waals surface area contributed by atoms with Crippen molar-refractivity contribution in [2.24, 2.45) is 5.92 Å². The van der Waals surface area contributed by atoms with Gasteiger partial charge in [0.05, 0.1) is 11.1 Å². The zero-order chi connectivity index (χ0) is 18.4. The maximum Gasteiger partial charge on any atom is 0.290 e. The van der Waals surface area contributed by atoms with E-state index >= 15 is 0 Å². The minimum absolute atomic E-state index is 0.0173. The molecule has 0 saturated carbocycles. The third kappa shape index (κ3) is 2.74. The monoisotopic (exact) mass is 371 g/mol. The number of nitrogens with zero attached hydrogens (tertiary/aromatic N) is 5. The maximum atomic E-state index is 13.3. The first-order valence-electron chi connectivity index (χ1n) is 9.20. The summed E-state index contributed by atoms with van der Waals surface area (Å²) in [6, 6.07) is 2.31. The lowest BCUT2D eigenvalue weighted by atomic mass is 10.1. The maximum absolute atomic E-state index is 13.3. The highest BCUT2D eigenvalue weighted by Gasteiger charge is 2.24. The number of pyridine rings is 1. The molecule has 26 heavy (non-hydrogen) atoms. The van der Waals surface area contributed by atoms with E-state index in [2.05, 4.69) is 23.8 Å². The first-order valence-corrected chi connectivity index (χ1v) is 10.0. The van der Waals surface area contributed by atoms with Crippen molar-refractivity contribution in [3.05, 3.63) is 28.9 Å². The second kappa shape index (κ2) is 6.54. The Labute approximate surface area is 157 Å². The Hall–Kier alpha value is -2.15. The number of hydrogen-bond donors (Lipinski definition) is 0. The van der Waals surface area contributed by atoms with E-state index < -0.39 is 0 Å². The molecule has 2 unspecified atom stereocenters. The number of fused-ring (bicyclic) bond motifs is 3. The molecular weight excluding hydrogens is 346 g/mol. The van der Waals surface area contributed by atoms with Crippen LogP contribution < -0.4 is 15.5 Å². The normalized spacial score (nSPS) is 21.3. The molecule has 0 aliphatic carbocycles. The molecule has 0 N–H and O–H groups in total. The Morgan fingerprint density at radius 1 is 1.23 bits per heavy atom. The highest BCUT2D eigenvalue weighted by molar-refractivity contribution is 7.25. The Bertz CT molecular complexity index is 1010. The molecule has 3 aromatic rings.